The average Bonchev–Trinajstić information content (AvgIpc) is 3.44. The minimum absolute atomic E-state index is 0.00753. The second-order valence-electron chi connectivity index (χ2n) is 10.7. The summed E-state index contributed by atoms with van der Waals surface area (Å²) in [4.78, 5) is 40.4. The van der Waals surface area contributed by atoms with Crippen LogP contribution in [0.1, 0.15) is 21.5 Å². The molecule has 13 nitrogen and oxygen atoms in total. The van der Waals surface area contributed by atoms with Crippen LogP contribution in [0.3, 0.4) is 0 Å². The lowest BCUT2D eigenvalue weighted by Gasteiger charge is -2.22. The van der Waals surface area contributed by atoms with Crippen molar-refractivity contribution in [1.29, 1.82) is 0 Å². The summed E-state index contributed by atoms with van der Waals surface area (Å²) in [7, 11) is -1.21. The standard InChI is InChI=1S/C31H33FN4O9S/c1-18-8-24(6-7-25(18)32)46(40,41)34-14-30(38)36-15-26-28(16-36)45-21-5-4-19(27(12-21)43-3)13-33-29(37)17-44-23-10-20(31(39)35-26)9-22(11-23)42-2/h4-12,26,28,34H,13-17H2,1-3H3,(H,33,37)(H,35,39)/t26-,28-/m0/s1. The number of hydrogen-bond donors (Lipinski definition) is 3. The van der Waals surface area contributed by atoms with E-state index in [9.17, 15) is 27.2 Å². The molecule has 6 rings (SSSR count). The molecule has 15 heteroatoms. The maximum atomic E-state index is 13.7. The van der Waals surface area contributed by atoms with Crippen LogP contribution < -0.4 is 34.3 Å². The number of nitrogens with one attached hydrogen (secondary N) is 3. The van der Waals surface area contributed by atoms with E-state index in [0.29, 0.717) is 22.8 Å². The van der Waals surface area contributed by atoms with Crippen molar-refractivity contribution in [2.24, 2.45) is 0 Å². The van der Waals surface area contributed by atoms with Gasteiger partial charge < -0.3 is 34.5 Å². The molecular formula is C31H33FN4O9S. The number of hydrogen-bond acceptors (Lipinski definition) is 9. The summed E-state index contributed by atoms with van der Waals surface area (Å²) in [5, 5.41) is 5.66. The average molecular weight is 657 g/mol. The Morgan fingerprint density at radius 1 is 1.04 bits per heavy atom. The quantitative estimate of drug-likeness (QED) is 0.357. The molecule has 0 aromatic heterocycles. The minimum atomic E-state index is -4.11. The van der Waals surface area contributed by atoms with Crippen LogP contribution in [0.15, 0.2) is 59.5 Å². The third kappa shape index (κ3) is 7.49. The summed E-state index contributed by atoms with van der Waals surface area (Å²) in [6.07, 6.45) is -0.739. The van der Waals surface area contributed by atoms with Gasteiger partial charge in [-0.3, -0.25) is 14.4 Å². The van der Waals surface area contributed by atoms with Crippen molar-refractivity contribution in [2.45, 2.75) is 30.5 Å². The van der Waals surface area contributed by atoms with Gasteiger partial charge in [-0.25, -0.2) is 17.5 Å². The normalized spacial score (nSPS) is 18.4. The zero-order chi connectivity index (χ0) is 33.0. The number of rotatable bonds is 6. The zero-order valence-corrected chi connectivity index (χ0v) is 26.1. The van der Waals surface area contributed by atoms with E-state index in [4.69, 9.17) is 18.9 Å². The topological polar surface area (TPSA) is 162 Å². The Hall–Kier alpha value is -4.89. The van der Waals surface area contributed by atoms with Crippen molar-refractivity contribution in [3.8, 4) is 23.0 Å². The molecular weight excluding hydrogens is 623 g/mol. The van der Waals surface area contributed by atoms with Gasteiger partial charge in [0.2, 0.25) is 15.9 Å². The van der Waals surface area contributed by atoms with E-state index in [2.05, 4.69) is 15.4 Å². The van der Waals surface area contributed by atoms with Crippen molar-refractivity contribution >= 4 is 27.7 Å². The molecule has 4 bridgehead atoms. The van der Waals surface area contributed by atoms with Crippen LogP contribution in [0.2, 0.25) is 0 Å². The molecule has 1 fully saturated rings. The number of carbonyl (C=O) groups excluding carboxylic acids is 3. The van der Waals surface area contributed by atoms with Crippen LogP contribution in [0.25, 0.3) is 0 Å². The van der Waals surface area contributed by atoms with E-state index in [1.54, 1.807) is 18.2 Å². The van der Waals surface area contributed by atoms with Crippen molar-refractivity contribution in [3.63, 3.8) is 0 Å². The Bertz CT molecular complexity index is 1770. The van der Waals surface area contributed by atoms with E-state index in [0.717, 1.165) is 12.1 Å². The maximum Gasteiger partial charge on any atom is 0.258 e. The molecule has 0 aliphatic carbocycles. The fourth-order valence-corrected chi connectivity index (χ4v) is 6.10. The molecule has 0 radical (unpaired) electrons. The molecule has 3 aliphatic heterocycles. The summed E-state index contributed by atoms with van der Waals surface area (Å²) >= 11 is 0. The maximum absolute atomic E-state index is 13.7. The SMILES string of the molecule is COc1cc2cc(c1)C(=O)N[C@H]1CN(C(=O)CNS(=O)(=O)c3ccc(F)c(C)c3)C[C@@H]1Oc1ccc(c(OC)c1)CNC(=O)CO2. The highest BCUT2D eigenvalue weighted by atomic mass is 32.2. The Labute approximate surface area is 265 Å². The lowest BCUT2D eigenvalue weighted by molar-refractivity contribution is -0.129. The molecule has 3 aliphatic rings. The van der Waals surface area contributed by atoms with E-state index in [1.807, 2.05) is 0 Å². The first-order valence-electron chi connectivity index (χ1n) is 14.2. The monoisotopic (exact) mass is 656 g/mol. The number of fused-ring (bicyclic) bond motifs is 7. The van der Waals surface area contributed by atoms with E-state index < -0.39 is 52.3 Å². The minimum Gasteiger partial charge on any atom is -0.497 e. The van der Waals surface area contributed by atoms with Crippen LogP contribution in [0.5, 0.6) is 23.0 Å². The first-order chi connectivity index (χ1) is 21.9. The van der Waals surface area contributed by atoms with Gasteiger partial charge in [0.25, 0.3) is 11.8 Å². The number of carbonyl (C=O) groups is 3. The number of benzene rings is 3. The molecule has 3 N–H and O–H groups in total. The number of methoxy groups -OCH3 is 2. The molecule has 244 valence electrons. The van der Waals surface area contributed by atoms with Gasteiger partial charge in [0.05, 0.1) is 38.2 Å². The summed E-state index contributed by atoms with van der Waals surface area (Å²) in [6, 6.07) is 12.2. The van der Waals surface area contributed by atoms with E-state index in [1.165, 1.54) is 50.3 Å². The third-order valence-electron chi connectivity index (χ3n) is 7.56. The van der Waals surface area contributed by atoms with Gasteiger partial charge >= 0.3 is 0 Å². The Morgan fingerprint density at radius 3 is 2.59 bits per heavy atom. The predicted octanol–water partition coefficient (Wildman–Crippen LogP) is 1.53. The molecule has 2 atom stereocenters. The van der Waals surface area contributed by atoms with Crippen LogP contribution >= 0.6 is 0 Å². The Balaban J connectivity index is 1.40. The van der Waals surface area contributed by atoms with Crippen LogP contribution in [0.4, 0.5) is 4.39 Å². The molecule has 3 aromatic carbocycles. The molecule has 0 saturated carbocycles. The number of aryl methyl sites for hydroxylation is 1. The Morgan fingerprint density at radius 2 is 1.85 bits per heavy atom. The lowest BCUT2D eigenvalue weighted by atomic mass is 10.1. The van der Waals surface area contributed by atoms with Gasteiger partial charge in [0, 0.05) is 36.3 Å². The first kappa shape index (κ1) is 32.5. The number of ether oxygens (including phenoxy) is 4. The molecule has 1 saturated heterocycles. The number of halogens is 1. The second kappa shape index (κ2) is 13.6. The van der Waals surface area contributed by atoms with Crippen molar-refractivity contribution < 1.29 is 46.1 Å². The van der Waals surface area contributed by atoms with Crippen LogP contribution in [-0.2, 0) is 26.2 Å². The summed E-state index contributed by atoms with van der Waals surface area (Å²) < 4.78 is 64.3. The highest BCUT2D eigenvalue weighted by Gasteiger charge is 2.38. The fraction of sp³-hybridized carbons (Fsp3) is 0.323. The van der Waals surface area contributed by atoms with Gasteiger partial charge in [0.15, 0.2) is 6.61 Å². The summed E-state index contributed by atoms with van der Waals surface area (Å²) in [5.41, 5.74) is 0.997. The Kier molecular flexibility index (Phi) is 9.63. The highest BCUT2D eigenvalue weighted by Crippen LogP contribution is 2.28. The van der Waals surface area contributed by atoms with Crippen molar-refractivity contribution in [1.82, 2.24) is 20.3 Å². The molecule has 0 spiro atoms. The third-order valence-corrected chi connectivity index (χ3v) is 8.96. The second-order valence-corrected chi connectivity index (χ2v) is 12.5. The zero-order valence-electron chi connectivity index (χ0n) is 25.3. The van der Waals surface area contributed by atoms with Gasteiger partial charge in [-0.15, -0.1) is 0 Å². The molecule has 0 unspecified atom stereocenters. The van der Waals surface area contributed by atoms with Crippen LogP contribution in [-0.4, -0.2) is 83.6 Å². The molecule has 46 heavy (non-hydrogen) atoms. The number of amides is 3. The van der Waals surface area contributed by atoms with Gasteiger partial charge in [-0.1, -0.05) is 0 Å². The van der Waals surface area contributed by atoms with Gasteiger partial charge in [-0.2, -0.15) is 0 Å². The number of likely N-dealkylation sites (tertiary alicyclic amines) is 1. The number of sulfonamides is 1. The molecule has 3 heterocycles. The summed E-state index contributed by atoms with van der Waals surface area (Å²) in [5.74, 6) is -0.652. The van der Waals surface area contributed by atoms with Gasteiger partial charge in [-0.05, 0) is 55.0 Å². The smallest absolute Gasteiger partial charge is 0.258 e. The van der Waals surface area contributed by atoms with Crippen molar-refractivity contribution in [3.05, 3.63) is 77.1 Å². The molecule has 3 amide bonds. The van der Waals surface area contributed by atoms with E-state index in [-0.39, 0.29) is 48.0 Å². The van der Waals surface area contributed by atoms with E-state index >= 15 is 0 Å². The largest absolute Gasteiger partial charge is 0.497 e. The van der Waals surface area contributed by atoms with Crippen molar-refractivity contribution in [2.75, 3.05) is 40.5 Å². The van der Waals surface area contributed by atoms with Gasteiger partial charge in [0.1, 0.15) is 34.9 Å². The summed E-state index contributed by atoms with van der Waals surface area (Å²) in [6.45, 7) is 0.729. The van der Waals surface area contributed by atoms with Crippen LogP contribution in [0, 0.1) is 12.7 Å². The highest BCUT2D eigenvalue weighted by molar-refractivity contribution is 7.89. The first-order valence-corrected chi connectivity index (χ1v) is 15.7. The predicted molar refractivity (Wildman–Crippen MR) is 162 cm³/mol. The fourth-order valence-electron chi connectivity index (χ4n) is 5.04. The lowest BCUT2D eigenvalue weighted by Crippen LogP contribution is -2.45. The molecule has 3 aromatic rings. The number of nitrogens with zero attached hydrogens (tertiary/aromatic N) is 1.